The predicted molar refractivity (Wildman–Crippen MR) is 87.0 cm³/mol. The number of halogens is 2. The van der Waals surface area contributed by atoms with Gasteiger partial charge in [0.15, 0.2) is 0 Å². The van der Waals surface area contributed by atoms with E-state index in [1.54, 1.807) is 11.9 Å². The van der Waals surface area contributed by atoms with Gasteiger partial charge in [0.2, 0.25) is 5.91 Å². The highest BCUT2D eigenvalue weighted by Crippen LogP contribution is 2.21. The molecule has 2 rings (SSSR count). The minimum Gasteiger partial charge on any atom is -0.339 e. The summed E-state index contributed by atoms with van der Waals surface area (Å²) < 4.78 is 13.8. The van der Waals surface area contributed by atoms with Gasteiger partial charge in [-0.3, -0.25) is 9.59 Å². The first-order valence-electron chi connectivity index (χ1n) is 7.62. The van der Waals surface area contributed by atoms with Crippen molar-refractivity contribution in [1.29, 1.82) is 0 Å². The molecule has 1 N–H and O–H groups in total. The van der Waals surface area contributed by atoms with Crippen LogP contribution in [0.25, 0.3) is 0 Å². The summed E-state index contributed by atoms with van der Waals surface area (Å²) in [7, 11) is 1.80. The highest BCUT2D eigenvalue weighted by atomic mass is 35.5. The molecule has 126 valence electrons. The van der Waals surface area contributed by atoms with Crippen LogP contribution in [0.1, 0.15) is 17.3 Å². The fraction of sp³-hybridized carbons (Fsp3) is 0.500. The molecule has 0 bridgehead atoms. The fourth-order valence-electron chi connectivity index (χ4n) is 2.70. The molecule has 0 radical (unpaired) electrons. The molecule has 1 aromatic rings. The Balaban J connectivity index is 1.99. The van der Waals surface area contributed by atoms with E-state index in [1.165, 1.54) is 23.1 Å². The van der Waals surface area contributed by atoms with Gasteiger partial charge < -0.3 is 15.1 Å². The largest absolute Gasteiger partial charge is 0.339 e. The second kappa shape index (κ2) is 7.75. The number of carbonyl (C=O) groups excluding carboxylic acids is 2. The summed E-state index contributed by atoms with van der Waals surface area (Å²) >= 11 is 5.94. The number of nitrogens with one attached hydrogen (secondary N) is 1. The van der Waals surface area contributed by atoms with Crippen LogP contribution in [0.4, 0.5) is 4.39 Å². The van der Waals surface area contributed by atoms with Crippen LogP contribution in [0.5, 0.6) is 0 Å². The van der Waals surface area contributed by atoms with Crippen molar-refractivity contribution in [2.45, 2.75) is 6.92 Å². The molecule has 0 aromatic heterocycles. The summed E-state index contributed by atoms with van der Waals surface area (Å²) in [6, 6.07) is 4.18. The summed E-state index contributed by atoms with van der Waals surface area (Å²) in [4.78, 5) is 28.0. The van der Waals surface area contributed by atoms with Crippen LogP contribution in [0, 0.1) is 11.7 Å². The molecule has 1 heterocycles. The number of piperazine rings is 1. The first kappa shape index (κ1) is 17.7. The van der Waals surface area contributed by atoms with Gasteiger partial charge in [-0.25, -0.2) is 4.39 Å². The number of amides is 2. The van der Waals surface area contributed by atoms with Crippen LogP contribution in [-0.4, -0.2) is 61.4 Å². The van der Waals surface area contributed by atoms with Crippen molar-refractivity contribution in [3.8, 4) is 0 Å². The van der Waals surface area contributed by atoms with Gasteiger partial charge in [-0.15, -0.1) is 0 Å². The highest BCUT2D eigenvalue weighted by molar-refractivity contribution is 6.33. The lowest BCUT2D eigenvalue weighted by molar-refractivity contribution is -0.136. The average molecular weight is 342 g/mol. The van der Waals surface area contributed by atoms with Gasteiger partial charge in [-0.2, -0.15) is 0 Å². The second-order valence-corrected chi connectivity index (χ2v) is 6.08. The molecule has 1 aromatic carbocycles. The summed E-state index contributed by atoms with van der Waals surface area (Å²) in [6.07, 6.45) is 0. The van der Waals surface area contributed by atoms with Gasteiger partial charge in [0.25, 0.3) is 5.91 Å². The van der Waals surface area contributed by atoms with Gasteiger partial charge in [0.1, 0.15) is 5.82 Å². The number of rotatable bonds is 4. The number of nitrogens with zero attached hydrogens (tertiary/aromatic N) is 2. The van der Waals surface area contributed by atoms with E-state index in [1.807, 2.05) is 6.92 Å². The van der Waals surface area contributed by atoms with E-state index >= 15 is 0 Å². The minimum atomic E-state index is -0.622. The molecule has 1 saturated heterocycles. The lowest BCUT2D eigenvalue weighted by atomic mass is 10.1. The lowest BCUT2D eigenvalue weighted by Gasteiger charge is -2.36. The maximum absolute atomic E-state index is 13.8. The molecule has 1 aliphatic heterocycles. The third-order valence-corrected chi connectivity index (χ3v) is 4.30. The van der Waals surface area contributed by atoms with E-state index in [-0.39, 0.29) is 22.4 Å². The van der Waals surface area contributed by atoms with Gasteiger partial charge in [0.05, 0.1) is 10.6 Å². The van der Waals surface area contributed by atoms with Crippen molar-refractivity contribution in [1.82, 2.24) is 15.1 Å². The maximum atomic E-state index is 13.8. The molecule has 7 heteroatoms. The van der Waals surface area contributed by atoms with E-state index in [4.69, 9.17) is 11.6 Å². The lowest BCUT2D eigenvalue weighted by Crippen LogP contribution is -2.52. The van der Waals surface area contributed by atoms with E-state index in [0.717, 1.165) is 0 Å². The maximum Gasteiger partial charge on any atom is 0.258 e. The van der Waals surface area contributed by atoms with Gasteiger partial charge >= 0.3 is 0 Å². The molecule has 23 heavy (non-hydrogen) atoms. The molecule has 1 aliphatic rings. The van der Waals surface area contributed by atoms with Gasteiger partial charge in [-0.1, -0.05) is 24.6 Å². The Labute approximate surface area is 140 Å². The first-order chi connectivity index (χ1) is 11.0. The van der Waals surface area contributed by atoms with Crippen LogP contribution < -0.4 is 5.32 Å². The molecule has 1 fully saturated rings. The van der Waals surface area contributed by atoms with Crippen LogP contribution in [0.3, 0.4) is 0 Å². The molecule has 5 nitrogen and oxygen atoms in total. The molecule has 0 saturated carbocycles. The van der Waals surface area contributed by atoms with Crippen LogP contribution in [-0.2, 0) is 4.79 Å². The Morgan fingerprint density at radius 1 is 1.26 bits per heavy atom. The molecule has 1 atom stereocenters. The monoisotopic (exact) mass is 341 g/mol. The van der Waals surface area contributed by atoms with Crippen molar-refractivity contribution < 1.29 is 14.0 Å². The SMILES string of the molecule is CNCC(C)C(=O)N1CCN(C(=O)c2c(F)cccc2Cl)CC1. The highest BCUT2D eigenvalue weighted by Gasteiger charge is 2.29. The topological polar surface area (TPSA) is 52.7 Å². The standard InChI is InChI=1S/C16H21ClFN3O2/c1-11(10-19-2)15(22)20-6-8-21(9-7-20)16(23)14-12(17)4-3-5-13(14)18/h3-5,11,19H,6-10H2,1-2H3. The first-order valence-corrected chi connectivity index (χ1v) is 8.00. The number of hydrogen-bond acceptors (Lipinski definition) is 3. The van der Waals surface area contributed by atoms with Crippen LogP contribution >= 0.6 is 11.6 Å². The Morgan fingerprint density at radius 3 is 2.43 bits per heavy atom. The molecular formula is C16H21ClFN3O2. The second-order valence-electron chi connectivity index (χ2n) is 5.67. The van der Waals surface area contributed by atoms with E-state index in [0.29, 0.717) is 32.7 Å². The Bertz CT molecular complexity index is 568. The molecule has 1 unspecified atom stereocenters. The molecular weight excluding hydrogens is 321 g/mol. The quantitative estimate of drug-likeness (QED) is 0.905. The predicted octanol–water partition coefficient (Wildman–Crippen LogP) is 1.62. The molecule has 0 spiro atoms. The summed E-state index contributed by atoms with van der Waals surface area (Å²) in [6.45, 7) is 4.14. The normalized spacial score (nSPS) is 16.3. The summed E-state index contributed by atoms with van der Waals surface area (Å²) in [5, 5.41) is 3.09. The van der Waals surface area contributed by atoms with Crippen molar-refractivity contribution >= 4 is 23.4 Å². The number of hydrogen-bond donors (Lipinski definition) is 1. The van der Waals surface area contributed by atoms with Crippen molar-refractivity contribution in [3.63, 3.8) is 0 Å². The van der Waals surface area contributed by atoms with Crippen LogP contribution in [0.2, 0.25) is 5.02 Å². The average Bonchev–Trinajstić information content (AvgIpc) is 2.54. The van der Waals surface area contributed by atoms with Gasteiger partial charge in [-0.05, 0) is 19.2 Å². The van der Waals surface area contributed by atoms with Crippen LogP contribution in [0.15, 0.2) is 18.2 Å². The van der Waals surface area contributed by atoms with E-state index < -0.39 is 11.7 Å². The Hall–Kier alpha value is -1.66. The number of benzene rings is 1. The third-order valence-electron chi connectivity index (χ3n) is 3.99. The van der Waals surface area contributed by atoms with Crippen molar-refractivity contribution in [3.05, 3.63) is 34.6 Å². The smallest absolute Gasteiger partial charge is 0.258 e. The van der Waals surface area contributed by atoms with Gasteiger partial charge in [0, 0.05) is 38.6 Å². The van der Waals surface area contributed by atoms with Crippen molar-refractivity contribution in [2.24, 2.45) is 5.92 Å². The zero-order valence-electron chi connectivity index (χ0n) is 13.3. The third kappa shape index (κ3) is 4.00. The van der Waals surface area contributed by atoms with E-state index in [9.17, 15) is 14.0 Å². The summed E-state index contributed by atoms with van der Waals surface area (Å²) in [5.41, 5.74) is -0.0995. The van der Waals surface area contributed by atoms with E-state index in [2.05, 4.69) is 5.32 Å². The van der Waals surface area contributed by atoms with Crippen molar-refractivity contribution in [2.75, 3.05) is 39.8 Å². The minimum absolute atomic E-state index is 0.0652. The molecule has 2 amide bonds. The summed E-state index contributed by atoms with van der Waals surface area (Å²) in [5.74, 6) is -1.09. The Kier molecular flexibility index (Phi) is 5.96. The Morgan fingerprint density at radius 2 is 1.87 bits per heavy atom. The number of carbonyl (C=O) groups is 2. The molecule has 0 aliphatic carbocycles. The fourth-order valence-corrected chi connectivity index (χ4v) is 2.94. The zero-order valence-corrected chi connectivity index (χ0v) is 14.1. The zero-order chi connectivity index (χ0) is 17.0.